The number of nitrogens with zero attached hydrogens (tertiary/aromatic N) is 4. The van der Waals surface area contributed by atoms with Gasteiger partial charge in [0.05, 0.1) is 6.42 Å². The first-order valence-corrected chi connectivity index (χ1v) is 7.86. The molecule has 1 fully saturated rings. The molecule has 1 aromatic rings. The minimum absolute atomic E-state index is 0.0511. The molecule has 0 saturated carbocycles. The van der Waals surface area contributed by atoms with Gasteiger partial charge in [0.2, 0.25) is 5.03 Å². The minimum atomic E-state index is -3.79. The van der Waals surface area contributed by atoms with E-state index in [1.165, 1.54) is 11.4 Å². The summed E-state index contributed by atoms with van der Waals surface area (Å²) in [5.74, 6) is -1.01. The molecule has 1 aliphatic heterocycles. The number of sulfonamides is 1. The van der Waals surface area contributed by atoms with Gasteiger partial charge in [0.15, 0.2) is 4.60 Å². The van der Waals surface area contributed by atoms with Crippen LogP contribution in [0.2, 0.25) is 0 Å². The Bertz CT molecular complexity index is 580. The topological polar surface area (TPSA) is 105 Å². The Labute approximate surface area is 118 Å². The fourth-order valence-corrected chi connectivity index (χ4v) is 4.97. The fourth-order valence-electron chi connectivity index (χ4n) is 2.24. The first kappa shape index (κ1) is 14.4. The Morgan fingerprint density at radius 3 is 2.79 bits per heavy atom. The highest BCUT2D eigenvalue weighted by molar-refractivity contribution is 9.10. The molecule has 10 heteroatoms. The molecular weight excluding hydrogens is 340 g/mol. The SMILES string of the molecule is Cn1nnc(Br)c1S(=O)(=O)N1CCCC1CC(=O)O. The van der Waals surface area contributed by atoms with Gasteiger partial charge in [-0.25, -0.2) is 13.1 Å². The number of hydrogen-bond donors (Lipinski definition) is 1. The van der Waals surface area contributed by atoms with Crippen LogP contribution in [0, 0.1) is 0 Å². The van der Waals surface area contributed by atoms with Crippen molar-refractivity contribution in [1.82, 2.24) is 19.3 Å². The first-order valence-electron chi connectivity index (χ1n) is 5.63. The van der Waals surface area contributed by atoms with E-state index in [1.807, 2.05) is 0 Å². The highest BCUT2D eigenvalue weighted by Crippen LogP contribution is 2.30. The summed E-state index contributed by atoms with van der Waals surface area (Å²) in [5.41, 5.74) is 0. The molecule has 1 atom stereocenters. The van der Waals surface area contributed by atoms with E-state index in [2.05, 4.69) is 26.2 Å². The molecule has 0 aliphatic carbocycles. The standard InChI is InChI=1S/C9H13BrN4O4S/c1-13-9(8(10)11-12-13)19(17,18)14-4-2-3-6(14)5-7(15)16/h6H,2-5H2,1H3,(H,15,16). The van der Waals surface area contributed by atoms with Crippen LogP contribution < -0.4 is 0 Å². The van der Waals surface area contributed by atoms with E-state index in [-0.39, 0.29) is 16.0 Å². The molecule has 1 unspecified atom stereocenters. The molecule has 106 valence electrons. The third-order valence-electron chi connectivity index (χ3n) is 3.02. The zero-order valence-electron chi connectivity index (χ0n) is 10.2. The van der Waals surface area contributed by atoms with E-state index in [9.17, 15) is 13.2 Å². The summed E-state index contributed by atoms with van der Waals surface area (Å²) < 4.78 is 27.6. The number of halogens is 1. The fraction of sp³-hybridized carbons (Fsp3) is 0.667. The molecule has 2 rings (SSSR count). The zero-order valence-corrected chi connectivity index (χ0v) is 12.6. The lowest BCUT2D eigenvalue weighted by Gasteiger charge is -2.22. The number of aromatic nitrogens is 3. The van der Waals surface area contributed by atoms with Crippen LogP contribution in [-0.4, -0.2) is 51.4 Å². The summed E-state index contributed by atoms with van der Waals surface area (Å²) in [7, 11) is -2.31. The van der Waals surface area contributed by atoms with Crippen molar-refractivity contribution < 1.29 is 18.3 Å². The lowest BCUT2D eigenvalue weighted by atomic mass is 10.2. The first-order chi connectivity index (χ1) is 8.84. The summed E-state index contributed by atoms with van der Waals surface area (Å²) in [6.07, 6.45) is 1.01. The van der Waals surface area contributed by atoms with E-state index in [0.29, 0.717) is 19.4 Å². The average molecular weight is 353 g/mol. The molecule has 1 aromatic heterocycles. The van der Waals surface area contributed by atoms with Crippen molar-refractivity contribution >= 4 is 31.9 Å². The van der Waals surface area contributed by atoms with Crippen LogP contribution in [0.5, 0.6) is 0 Å². The maximum atomic E-state index is 12.5. The van der Waals surface area contributed by atoms with E-state index in [1.54, 1.807) is 0 Å². The molecule has 1 saturated heterocycles. The largest absolute Gasteiger partial charge is 0.481 e. The molecule has 1 N–H and O–H groups in total. The predicted octanol–water partition coefficient (Wildman–Crippen LogP) is 0.205. The monoisotopic (exact) mass is 352 g/mol. The van der Waals surface area contributed by atoms with Gasteiger partial charge < -0.3 is 5.11 Å². The van der Waals surface area contributed by atoms with Crippen LogP contribution in [0.15, 0.2) is 9.63 Å². The van der Waals surface area contributed by atoms with Gasteiger partial charge in [-0.2, -0.15) is 4.31 Å². The van der Waals surface area contributed by atoms with Crippen LogP contribution >= 0.6 is 15.9 Å². The quantitative estimate of drug-likeness (QED) is 0.829. The lowest BCUT2D eigenvalue weighted by Crippen LogP contribution is -2.37. The third kappa shape index (κ3) is 2.65. The predicted molar refractivity (Wildman–Crippen MR) is 67.9 cm³/mol. The van der Waals surface area contributed by atoms with E-state index >= 15 is 0 Å². The van der Waals surface area contributed by atoms with Crippen LogP contribution in [0.1, 0.15) is 19.3 Å². The van der Waals surface area contributed by atoms with Crippen molar-refractivity contribution in [3.05, 3.63) is 4.60 Å². The molecule has 0 radical (unpaired) electrons. The average Bonchev–Trinajstić information content (AvgIpc) is 2.85. The normalized spacial score (nSPS) is 20.8. The maximum absolute atomic E-state index is 12.5. The number of hydrogen-bond acceptors (Lipinski definition) is 5. The van der Waals surface area contributed by atoms with Gasteiger partial charge in [0, 0.05) is 19.6 Å². The number of aryl methyl sites for hydroxylation is 1. The minimum Gasteiger partial charge on any atom is -0.481 e. The number of carboxylic acids is 1. The van der Waals surface area contributed by atoms with Gasteiger partial charge in [-0.05, 0) is 28.8 Å². The molecule has 0 spiro atoms. The van der Waals surface area contributed by atoms with Crippen LogP contribution in [-0.2, 0) is 21.9 Å². The van der Waals surface area contributed by atoms with Crippen molar-refractivity contribution in [3.8, 4) is 0 Å². The van der Waals surface area contributed by atoms with Crippen molar-refractivity contribution in [1.29, 1.82) is 0 Å². The number of aliphatic carboxylic acids is 1. The highest BCUT2D eigenvalue weighted by atomic mass is 79.9. The van der Waals surface area contributed by atoms with Crippen LogP contribution in [0.25, 0.3) is 0 Å². The summed E-state index contributed by atoms with van der Waals surface area (Å²) in [4.78, 5) is 10.8. The third-order valence-corrected chi connectivity index (χ3v) is 5.86. The van der Waals surface area contributed by atoms with Gasteiger partial charge in [-0.3, -0.25) is 4.79 Å². The summed E-state index contributed by atoms with van der Waals surface area (Å²) in [5, 5.41) is 16.1. The molecule has 0 bridgehead atoms. The molecule has 19 heavy (non-hydrogen) atoms. The zero-order chi connectivity index (χ0) is 14.2. The molecule has 0 amide bonds. The van der Waals surface area contributed by atoms with Crippen molar-refractivity contribution in [2.24, 2.45) is 7.05 Å². The Balaban J connectivity index is 2.37. The second-order valence-corrected chi connectivity index (χ2v) is 6.88. The maximum Gasteiger partial charge on any atom is 0.304 e. The Morgan fingerprint density at radius 2 is 2.26 bits per heavy atom. The van der Waals surface area contributed by atoms with E-state index in [0.717, 1.165) is 4.68 Å². The van der Waals surface area contributed by atoms with E-state index < -0.39 is 22.0 Å². The molecule has 8 nitrogen and oxygen atoms in total. The molecule has 1 aliphatic rings. The van der Waals surface area contributed by atoms with Gasteiger partial charge in [-0.1, -0.05) is 5.21 Å². The summed E-state index contributed by atoms with van der Waals surface area (Å²) in [6, 6.07) is -0.510. The Kier molecular flexibility index (Phi) is 3.92. The van der Waals surface area contributed by atoms with Crippen molar-refractivity contribution in [2.75, 3.05) is 6.54 Å². The molecule has 0 aromatic carbocycles. The Hall–Kier alpha value is -1.00. The Morgan fingerprint density at radius 1 is 1.58 bits per heavy atom. The van der Waals surface area contributed by atoms with Crippen LogP contribution in [0.4, 0.5) is 0 Å². The summed E-state index contributed by atoms with van der Waals surface area (Å²) in [6.45, 7) is 0.317. The van der Waals surface area contributed by atoms with Gasteiger partial charge in [0.25, 0.3) is 10.0 Å². The number of carboxylic acid groups (broad SMARTS) is 1. The number of carbonyl (C=O) groups is 1. The molecular formula is C9H13BrN4O4S. The smallest absolute Gasteiger partial charge is 0.304 e. The number of rotatable bonds is 4. The second kappa shape index (κ2) is 5.17. The van der Waals surface area contributed by atoms with Crippen molar-refractivity contribution in [3.63, 3.8) is 0 Å². The second-order valence-electron chi connectivity index (χ2n) is 4.32. The van der Waals surface area contributed by atoms with Gasteiger partial charge >= 0.3 is 5.97 Å². The molecule has 2 heterocycles. The summed E-state index contributed by atoms with van der Waals surface area (Å²) >= 11 is 3.05. The van der Waals surface area contributed by atoms with Crippen LogP contribution in [0.3, 0.4) is 0 Å². The highest BCUT2D eigenvalue weighted by Gasteiger charge is 2.39. The van der Waals surface area contributed by atoms with E-state index in [4.69, 9.17) is 5.11 Å². The van der Waals surface area contributed by atoms with Crippen molar-refractivity contribution in [2.45, 2.75) is 30.3 Å². The van der Waals surface area contributed by atoms with Gasteiger partial charge in [-0.15, -0.1) is 5.10 Å². The lowest BCUT2D eigenvalue weighted by molar-refractivity contribution is -0.137. The van der Waals surface area contributed by atoms with Gasteiger partial charge in [0.1, 0.15) is 0 Å².